The molecule has 0 amide bonds. The molecule has 1 aliphatic carbocycles. The van der Waals surface area contributed by atoms with Gasteiger partial charge < -0.3 is 10.8 Å². The summed E-state index contributed by atoms with van der Waals surface area (Å²) in [6, 6.07) is 7.28. The number of allylic oxidation sites excluding steroid dienone is 4. The van der Waals surface area contributed by atoms with E-state index in [1.807, 2.05) is 6.92 Å². The molecular formula is C29H49NO2. The molecule has 0 spiro atoms. The van der Waals surface area contributed by atoms with Crippen LogP contribution in [0.4, 0.5) is 0 Å². The lowest BCUT2D eigenvalue weighted by atomic mass is 10.1. The number of carboxylic acid groups (broad SMARTS) is 1. The van der Waals surface area contributed by atoms with Crippen LogP contribution in [0.25, 0.3) is 0 Å². The van der Waals surface area contributed by atoms with Gasteiger partial charge in [0.15, 0.2) is 0 Å². The largest absolute Gasteiger partial charge is 0.478 e. The van der Waals surface area contributed by atoms with Gasteiger partial charge in [-0.15, -0.1) is 0 Å². The van der Waals surface area contributed by atoms with Crippen molar-refractivity contribution in [2.24, 2.45) is 5.73 Å². The SMILES string of the molecule is CCCCCCC/C(C)=C/C=C(C)C.Cc1ccc(C(=O)O)cc1.NC1CCCCCC1. The van der Waals surface area contributed by atoms with Gasteiger partial charge in [0.2, 0.25) is 0 Å². The van der Waals surface area contributed by atoms with E-state index in [4.69, 9.17) is 10.8 Å². The zero-order chi connectivity index (χ0) is 24.2. The smallest absolute Gasteiger partial charge is 0.335 e. The second-order valence-electron chi connectivity index (χ2n) is 9.34. The van der Waals surface area contributed by atoms with Gasteiger partial charge in [0.25, 0.3) is 0 Å². The molecule has 182 valence electrons. The van der Waals surface area contributed by atoms with Gasteiger partial charge in [0.1, 0.15) is 0 Å². The number of hydrogen-bond acceptors (Lipinski definition) is 2. The molecule has 1 aromatic carbocycles. The van der Waals surface area contributed by atoms with Crippen LogP contribution in [0, 0.1) is 6.92 Å². The van der Waals surface area contributed by atoms with E-state index in [9.17, 15) is 4.79 Å². The second-order valence-corrected chi connectivity index (χ2v) is 9.34. The molecule has 1 aliphatic rings. The van der Waals surface area contributed by atoms with E-state index in [1.165, 1.54) is 88.2 Å². The van der Waals surface area contributed by atoms with Crippen molar-refractivity contribution in [3.8, 4) is 0 Å². The maximum atomic E-state index is 10.3. The van der Waals surface area contributed by atoms with Gasteiger partial charge in [0.05, 0.1) is 5.56 Å². The molecular weight excluding hydrogens is 394 g/mol. The first-order valence-corrected chi connectivity index (χ1v) is 12.6. The van der Waals surface area contributed by atoms with Crippen molar-refractivity contribution in [2.45, 2.75) is 118 Å². The number of rotatable bonds is 8. The molecule has 32 heavy (non-hydrogen) atoms. The molecule has 0 saturated heterocycles. The molecule has 0 radical (unpaired) electrons. The Balaban J connectivity index is 0.000000468. The van der Waals surface area contributed by atoms with Crippen molar-refractivity contribution in [1.29, 1.82) is 0 Å². The molecule has 1 aromatic rings. The average Bonchev–Trinajstić information content (AvgIpc) is 3.01. The third-order valence-electron chi connectivity index (χ3n) is 5.57. The maximum absolute atomic E-state index is 10.3. The summed E-state index contributed by atoms with van der Waals surface area (Å²) >= 11 is 0. The summed E-state index contributed by atoms with van der Waals surface area (Å²) in [5, 5.41) is 8.48. The first kappa shape index (κ1) is 30.1. The molecule has 0 aliphatic heterocycles. The Hall–Kier alpha value is -1.87. The molecule has 2 rings (SSSR count). The van der Waals surface area contributed by atoms with E-state index >= 15 is 0 Å². The first-order valence-electron chi connectivity index (χ1n) is 12.6. The lowest BCUT2D eigenvalue weighted by Crippen LogP contribution is -2.17. The Kier molecular flexibility index (Phi) is 18.6. The summed E-state index contributed by atoms with van der Waals surface area (Å²) in [7, 11) is 0. The van der Waals surface area contributed by atoms with Crippen molar-refractivity contribution >= 4 is 5.97 Å². The molecule has 0 unspecified atom stereocenters. The van der Waals surface area contributed by atoms with Crippen LogP contribution in [0.2, 0.25) is 0 Å². The van der Waals surface area contributed by atoms with Crippen molar-refractivity contribution in [1.82, 2.24) is 0 Å². The molecule has 3 heteroatoms. The third kappa shape index (κ3) is 18.9. The van der Waals surface area contributed by atoms with Crippen molar-refractivity contribution < 1.29 is 9.90 Å². The van der Waals surface area contributed by atoms with Crippen LogP contribution in [0.15, 0.2) is 47.6 Å². The number of nitrogens with two attached hydrogens (primary N) is 1. The van der Waals surface area contributed by atoms with Crippen molar-refractivity contribution in [2.75, 3.05) is 0 Å². The van der Waals surface area contributed by atoms with Gasteiger partial charge in [-0.05, 0) is 65.5 Å². The Labute approximate surface area is 198 Å². The maximum Gasteiger partial charge on any atom is 0.335 e. The second kappa shape index (κ2) is 19.8. The van der Waals surface area contributed by atoms with E-state index in [-0.39, 0.29) is 0 Å². The minimum atomic E-state index is -0.875. The van der Waals surface area contributed by atoms with Crippen molar-refractivity contribution in [3.63, 3.8) is 0 Å². The van der Waals surface area contributed by atoms with Gasteiger partial charge in [0, 0.05) is 6.04 Å². The fraction of sp³-hybridized carbons (Fsp3) is 0.621. The highest BCUT2D eigenvalue weighted by atomic mass is 16.4. The van der Waals surface area contributed by atoms with E-state index < -0.39 is 5.97 Å². The fourth-order valence-electron chi connectivity index (χ4n) is 3.41. The number of carbonyl (C=O) groups is 1. The number of hydrogen-bond donors (Lipinski definition) is 2. The van der Waals surface area contributed by atoms with Crippen LogP contribution in [-0.4, -0.2) is 17.1 Å². The lowest BCUT2D eigenvalue weighted by molar-refractivity contribution is 0.0697. The predicted octanol–water partition coefficient (Wildman–Crippen LogP) is 8.62. The van der Waals surface area contributed by atoms with Gasteiger partial charge in [-0.2, -0.15) is 0 Å². The van der Waals surface area contributed by atoms with E-state index in [0.29, 0.717) is 11.6 Å². The van der Waals surface area contributed by atoms with Gasteiger partial charge in [-0.25, -0.2) is 4.79 Å². The van der Waals surface area contributed by atoms with E-state index in [2.05, 4.69) is 39.8 Å². The highest BCUT2D eigenvalue weighted by Crippen LogP contribution is 2.15. The van der Waals surface area contributed by atoms with Gasteiger partial charge in [-0.1, -0.05) is 99.3 Å². The first-order chi connectivity index (χ1) is 15.3. The number of unbranched alkanes of at least 4 members (excludes halogenated alkanes) is 4. The normalized spacial score (nSPS) is 14.2. The number of benzene rings is 1. The summed E-state index contributed by atoms with van der Waals surface area (Å²) in [6.07, 6.45) is 20.7. The Morgan fingerprint density at radius 2 is 1.50 bits per heavy atom. The molecule has 0 aromatic heterocycles. The Bertz CT molecular complexity index is 646. The van der Waals surface area contributed by atoms with Crippen LogP contribution in [-0.2, 0) is 0 Å². The number of aryl methyl sites for hydroxylation is 1. The molecule has 1 fully saturated rings. The minimum Gasteiger partial charge on any atom is -0.478 e. The fourth-order valence-corrected chi connectivity index (χ4v) is 3.41. The summed E-state index contributed by atoms with van der Waals surface area (Å²) in [6.45, 7) is 10.7. The molecule has 0 bridgehead atoms. The molecule has 3 nitrogen and oxygen atoms in total. The van der Waals surface area contributed by atoms with Crippen LogP contribution >= 0.6 is 0 Å². The third-order valence-corrected chi connectivity index (χ3v) is 5.57. The van der Waals surface area contributed by atoms with E-state index in [1.54, 1.807) is 24.3 Å². The zero-order valence-electron chi connectivity index (χ0n) is 21.5. The van der Waals surface area contributed by atoms with Crippen LogP contribution in [0.1, 0.15) is 121 Å². The highest BCUT2D eigenvalue weighted by Gasteiger charge is 2.05. The topological polar surface area (TPSA) is 63.3 Å². The van der Waals surface area contributed by atoms with E-state index in [0.717, 1.165) is 5.56 Å². The summed E-state index contributed by atoms with van der Waals surface area (Å²) in [5.74, 6) is -0.875. The molecule has 0 heterocycles. The molecule has 1 saturated carbocycles. The predicted molar refractivity (Wildman–Crippen MR) is 140 cm³/mol. The van der Waals surface area contributed by atoms with Crippen LogP contribution in [0.3, 0.4) is 0 Å². The average molecular weight is 444 g/mol. The van der Waals surface area contributed by atoms with Crippen molar-refractivity contribution in [3.05, 3.63) is 58.7 Å². The standard InChI is InChI=1S/C14H26.C8H8O2.C7H15N/c1-5-6-7-8-9-10-14(4)12-11-13(2)3;1-6-2-4-7(5-3-6)8(9)10;8-7-5-3-1-2-4-6-7/h11-12H,5-10H2,1-4H3;2-5H,1H3,(H,9,10);7H,1-6,8H2/b14-12+;;. The quantitative estimate of drug-likeness (QED) is 0.240. The lowest BCUT2D eigenvalue weighted by Gasteiger charge is -2.03. The molecule has 0 atom stereocenters. The number of aromatic carboxylic acids is 1. The van der Waals surface area contributed by atoms with Crippen LogP contribution < -0.4 is 5.73 Å². The van der Waals surface area contributed by atoms with Crippen LogP contribution in [0.5, 0.6) is 0 Å². The van der Waals surface area contributed by atoms with Gasteiger partial charge >= 0.3 is 5.97 Å². The monoisotopic (exact) mass is 443 g/mol. The highest BCUT2D eigenvalue weighted by molar-refractivity contribution is 5.87. The minimum absolute atomic E-state index is 0.339. The number of carboxylic acids is 1. The Morgan fingerprint density at radius 3 is 2.00 bits per heavy atom. The summed E-state index contributed by atoms with van der Waals surface area (Å²) in [5.41, 5.74) is 10.0. The van der Waals surface area contributed by atoms with Gasteiger partial charge in [-0.3, -0.25) is 0 Å². The zero-order valence-corrected chi connectivity index (χ0v) is 21.5. The molecule has 3 N–H and O–H groups in total. The summed E-state index contributed by atoms with van der Waals surface area (Å²) in [4.78, 5) is 10.3. The summed E-state index contributed by atoms with van der Waals surface area (Å²) < 4.78 is 0. The Morgan fingerprint density at radius 1 is 0.938 bits per heavy atom.